The summed E-state index contributed by atoms with van der Waals surface area (Å²) in [6, 6.07) is 9.73. The number of piperazine rings is 1. The number of benzene rings is 1. The summed E-state index contributed by atoms with van der Waals surface area (Å²) in [5.41, 5.74) is 4.47. The third-order valence-corrected chi connectivity index (χ3v) is 6.09. The van der Waals surface area contributed by atoms with Crippen molar-refractivity contribution in [2.24, 2.45) is 0 Å². The third kappa shape index (κ3) is 4.58. The molecular formula is C24H27N7O2. The lowest BCUT2D eigenvalue weighted by Crippen LogP contribution is -2.43. The molecule has 1 amide bonds. The van der Waals surface area contributed by atoms with Gasteiger partial charge in [-0.25, -0.2) is 9.97 Å². The van der Waals surface area contributed by atoms with Crippen molar-refractivity contribution in [2.45, 2.75) is 13.0 Å². The molecule has 1 saturated heterocycles. The molecule has 0 aliphatic carbocycles. The predicted octanol–water partition coefficient (Wildman–Crippen LogP) is 2.10. The summed E-state index contributed by atoms with van der Waals surface area (Å²) < 4.78 is 5.37. The summed E-state index contributed by atoms with van der Waals surface area (Å²) >= 11 is 0. The number of aromatic nitrogens is 3. The van der Waals surface area contributed by atoms with Crippen LogP contribution < -0.4 is 25.2 Å². The highest BCUT2D eigenvalue weighted by Gasteiger charge is 2.21. The maximum absolute atomic E-state index is 13.1. The summed E-state index contributed by atoms with van der Waals surface area (Å²) in [6.45, 7) is 5.05. The van der Waals surface area contributed by atoms with Crippen molar-refractivity contribution in [3.8, 4) is 5.75 Å². The van der Waals surface area contributed by atoms with Crippen LogP contribution in [0.5, 0.6) is 5.75 Å². The number of nitrogens with zero attached hydrogens (tertiary/aromatic N) is 5. The Kier molecular flexibility index (Phi) is 6.03. The van der Waals surface area contributed by atoms with Crippen LogP contribution in [0, 0.1) is 0 Å². The van der Waals surface area contributed by atoms with Crippen LogP contribution in [-0.4, -0.2) is 60.7 Å². The molecular weight excluding hydrogens is 418 g/mol. The fourth-order valence-electron chi connectivity index (χ4n) is 4.31. The van der Waals surface area contributed by atoms with Gasteiger partial charge in [0.05, 0.1) is 24.7 Å². The quantitative estimate of drug-likeness (QED) is 0.617. The van der Waals surface area contributed by atoms with Crippen LogP contribution in [0.25, 0.3) is 0 Å². The highest BCUT2D eigenvalue weighted by atomic mass is 16.5. The van der Waals surface area contributed by atoms with Crippen LogP contribution in [0.3, 0.4) is 0 Å². The molecule has 0 radical (unpaired) electrons. The molecule has 2 aromatic heterocycles. The normalized spacial score (nSPS) is 15.7. The van der Waals surface area contributed by atoms with Gasteiger partial charge in [0.1, 0.15) is 11.4 Å². The van der Waals surface area contributed by atoms with Crippen LogP contribution >= 0.6 is 0 Å². The smallest absolute Gasteiger partial charge is 0.274 e. The highest BCUT2D eigenvalue weighted by Crippen LogP contribution is 2.27. The van der Waals surface area contributed by atoms with Gasteiger partial charge in [-0.2, -0.15) is 0 Å². The van der Waals surface area contributed by atoms with E-state index in [2.05, 4.69) is 47.5 Å². The Morgan fingerprint density at radius 1 is 1.06 bits per heavy atom. The van der Waals surface area contributed by atoms with Crippen molar-refractivity contribution in [2.75, 3.05) is 55.0 Å². The summed E-state index contributed by atoms with van der Waals surface area (Å²) in [4.78, 5) is 30.6. The minimum Gasteiger partial charge on any atom is -0.497 e. The van der Waals surface area contributed by atoms with Gasteiger partial charge < -0.3 is 25.2 Å². The highest BCUT2D eigenvalue weighted by molar-refractivity contribution is 6.04. The summed E-state index contributed by atoms with van der Waals surface area (Å²) in [5.74, 6) is 1.10. The Balaban J connectivity index is 1.33. The summed E-state index contributed by atoms with van der Waals surface area (Å²) in [6.07, 6.45) is 5.97. The van der Waals surface area contributed by atoms with Crippen molar-refractivity contribution in [1.29, 1.82) is 0 Å². The van der Waals surface area contributed by atoms with Crippen molar-refractivity contribution >= 4 is 23.2 Å². The van der Waals surface area contributed by atoms with E-state index in [0.29, 0.717) is 23.9 Å². The van der Waals surface area contributed by atoms with Crippen LogP contribution in [-0.2, 0) is 13.0 Å². The molecule has 0 spiro atoms. The number of carbonyl (C=O) groups is 1. The monoisotopic (exact) mass is 445 g/mol. The first kappa shape index (κ1) is 21.1. The van der Waals surface area contributed by atoms with E-state index in [-0.39, 0.29) is 5.91 Å². The topological polar surface area (TPSA) is 95.5 Å². The molecule has 2 N–H and O–H groups in total. The van der Waals surface area contributed by atoms with Gasteiger partial charge in [-0.1, -0.05) is 6.07 Å². The van der Waals surface area contributed by atoms with Crippen molar-refractivity contribution < 1.29 is 9.53 Å². The zero-order valence-corrected chi connectivity index (χ0v) is 18.6. The molecule has 9 heteroatoms. The first-order valence-electron chi connectivity index (χ1n) is 11.2. The van der Waals surface area contributed by atoms with E-state index < -0.39 is 0 Å². The van der Waals surface area contributed by atoms with Gasteiger partial charge in [0.2, 0.25) is 5.95 Å². The Bertz CT molecular complexity index is 1150. The fourth-order valence-corrected chi connectivity index (χ4v) is 4.31. The average Bonchev–Trinajstić information content (AvgIpc) is 2.89. The van der Waals surface area contributed by atoms with Gasteiger partial charge in [-0.05, 0) is 41.8 Å². The van der Waals surface area contributed by atoms with Crippen LogP contribution in [0.1, 0.15) is 21.6 Å². The second kappa shape index (κ2) is 9.41. The number of hydrogen-bond donors (Lipinski definition) is 2. The number of anilines is 3. The molecule has 9 nitrogen and oxygen atoms in total. The molecule has 0 atom stereocenters. The third-order valence-electron chi connectivity index (χ3n) is 6.09. The van der Waals surface area contributed by atoms with E-state index in [1.54, 1.807) is 31.8 Å². The van der Waals surface area contributed by atoms with Gasteiger partial charge in [0.15, 0.2) is 0 Å². The minimum atomic E-state index is -0.276. The first-order chi connectivity index (χ1) is 16.2. The number of fused-ring (bicyclic) bond motifs is 1. The molecule has 170 valence electrons. The number of methoxy groups -OCH3 is 1. The van der Waals surface area contributed by atoms with Crippen LogP contribution in [0.15, 0.2) is 48.9 Å². The Labute approximate surface area is 192 Å². The van der Waals surface area contributed by atoms with E-state index in [1.165, 1.54) is 11.1 Å². The molecule has 33 heavy (non-hydrogen) atoms. The number of amides is 1. The molecule has 0 unspecified atom stereocenters. The minimum absolute atomic E-state index is 0.276. The summed E-state index contributed by atoms with van der Waals surface area (Å²) in [7, 11) is 1.67. The molecule has 0 saturated carbocycles. The Morgan fingerprint density at radius 2 is 1.94 bits per heavy atom. The van der Waals surface area contributed by atoms with E-state index in [0.717, 1.165) is 50.6 Å². The maximum atomic E-state index is 13.1. The zero-order valence-electron chi connectivity index (χ0n) is 18.6. The molecule has 4 heterocycles. The maximum Gasteiger partial charge on any atom is 0.274 e. The van der Waals surface area contributed by atoms with Crippen molar-refractivity contribution in [1.82, 2.24) is 20.3 Å². The largest absolute Gasteiger partial charge is 0.497 e. The zero-order chi connectivity index (χ0) is 22.6. The lowest BCUT2D eigenvalue weighted by molar-refractivity contribution is 0.102. The number of carbonyl (C=O) groups excluding carboxylic acids is 1. The van der Waals surface area contributed by atoms with E-state index in [1.807, 2.05) is 12.1 Å². The second-order valence-corrected chi connectivity index (χ2v) is 8.13. The number of ether oxygens (including phenoxy) is 1. The number of rotatable bonds is 5. The predicted molar refractivity (Wildman–Crippen MR) is 127 cm³/mol. The van der Waals surface area contributed by atoms with Gasteiger partial charge in [0.25, 0.3) is 5.91 Å². The fraction of sp³-hybridized carbons (Fsp3) is 0.333. The molecule has 2 aliphatic heterocycles. The standard InChI is InChI=1S/C24H27N7O2/c1-33-19-3-2-17-6-11-31(16-18(17)14-19)24-27-8-4-20(29-24)23(32)28-21-15-26-7-5-22(21)30-12-9-25-10-13-30/h2-5,7-8,14-15,25H,6,9-13,16H2,1H3,(H,28,32). The van der Waals surface area contributed by atoms with Gasteiger partial charge >= 0.3 is 0 Å². The van der Waals surface area contributed by atoms with Crippen LogP contribution in [0.4, 0.5) is 17.3 Å². The molecule has 3 aromatic rings. The van der Waals surface area contributed by atoms with E-state index in [4.69, 9.17) is 4.74 Å². The van der Waals surface area contributed by atoms with E-state index >= 15 is 0 Å². The van der Waals surface area contributed by atoms with Gasteiger partial charge in [-0.15, -0.1) is 0 Å². The van der Waals surface area contributed by atoms with Gasteiger partial charge in [-0.3, -0.25) is 9.78 Å². The molecule has 2 aliphatic rings. The molecule has 0 bridgehead atoms. The van der Waals surface area contributed by atoms with Crippen molar-refractivity contribution in [3.05, 3.63) is 65.7 Å². The number of nitrogens with one attached hydrogen (secondary N) is 2. The second-order valence-electron chi connectivity index (χ2n) is 8.13. The molecule has 1 fully saturated rings. The van der Waals surface area contributed by atoms with Gasteiger partial charge in [0, 0.05) is 51.7 Å². The number of pyridine rings is 1. The Morgan fingerprint density at radius 3 is 2.79 bits per heavy atom. The van der Waals surface area contributed by atoms with Crippen molar-refractivity contribution in [3.63, 3.8) is 0 Å². The summed E-state index contributed by atoms with van der Waals surface area (Å²) in [5, 5.41) is 6.34. The van der Waals surface area contributed by atoms with E-state index in [9.17, 15) is 4.79 Å². The lowest BCUT2D eigenvalue weighted by atomic mass is 10.00. The molecule has 1 aromatic carbocycles. The van der Waals surface area contributed by atoms with Crippen LogP contribution in [0.2, 0.25) is 0 Å². The first-order valence-corrected chi connectivity index (χ1v) is 11.2. The lowest BCUT2D eigenvalue weighted by Gasteiger charge is -2.31. The molecule has 5 rings (SSSR count). The average molecular weight is 446 g/mol. The Hall–Kier alpha value is -3.72. The SMILES string of the molecule is COc1ccc2c(c1)CN(c1nccc(C(=O)Nc3cnccc3N3CCNCC3)n1)CC2. The number of hydrogen-bond acceptors (Lipinski definition) is 8.